The van der Waals surface area contributed by atoms with Crippen LogP contribution in [0.25, 0.3) is 0 Å². The van der Waals surface area contributed by atoms with Gasteiger partial charge in [0.2, 0.25) is 5.13 Å². The Hall–Kier alpha value is -1.23. The van der Waals surface area contributed by atoms with Gasteiger partial charge in [0.1, 0.15) is 0 Å². The summed E-state index contributed by atoms with van der Waals surface area (Å²) in [5.41, 5.74) is 0. The predicted molar refractivity (Wildman–Crippen MR) is 61.5 cm³/mol. The molecule has 0 radical (unpaired) electrons. The topological polar surface area (TPSA) is 120 Å². The van der Waals surface area contributed by atoms with E-state index in [-0.39, 0.29) is 24.8 Å². The number of hydrogen-bond donors (Lipinski definition) is 3. The highest BCUT2D eigenvalue weighted by Crippen LogP contribution is 2.19. The van der Waals surface area contributed by atoms with Gasteiger partial charge in [-0.25, -0.2) is 9.29 Å². The molecule has 0 spiro atoms. The van der Waals surface area contributed by atoms with Gasteiger partial charge in [-0.1, -0.05) is 0 Å². The molecule has 0 amide bonds. The van der Waals surface area contributed by atoms with Crippen molar-refractivity contribution < 1.29 is 22.9 Å². The van der Waals surface area contributed by atoms with Crippen LogP contribution in [0.15, 0.2) is 11.6 Å². The maximum Gasteiger partial charge on any atom is 0.361 e. The van der Waals surface area contributed by atoms with Gasteiger partial charge in [0.25, 0.3) is 0 Å². The number of hydrogen-bond acceptors (Lipinski definition) is 6. The van der Waals surface area contributed by atoms with Crippen LogP contribution in [0.1, 0.15) is 0 Å². The molecule has 1 aromatic heterocycles. The van der Waals surface area contributed by atoms with E-state index >= 15 is 0 Å². The molecule has 0 aliphatic rings. The van der Waals surface area contributed by atoms with E-state index in [0.717, 1.165) is 11.3 Å². The summed E-state index contributed by atoms with van der Waals surface area (Å²) in [4.78, 5) is 14.0. The quantitative estimate of drug-likeness (QED) is 0.452. The molecule has 0 unspecified atom stereocenters. The summed E-state index contributed by atoms with van der Waals surface area (Å²) in [6.07, 6.45) is 1.41. The number of aromatic nitrogens is 1. The van der Waals surface area contributed by atoms with E-state index < -0.39 is 16.3 Å². The Balaban J connectivity index is 2.58. The van der Waals surface area contributed by atoms with Crippen molar-refractivity contribution in [2.45, 2.75) is 0 Å². The Morgan fingerprint density at radius 3 is 2.76 bits per heavy atom. The van der Waals surface area contributed by atoms with Crippen LogP contribution in [0, 0.1) is 0 Å². The third-order valence-electron chi connectivity index (χ3n) is 1.68. The van der Waals surface area contributed by atoms with Crippen molar-refractivity contribution in [3.8, 4) is 0 Å². The third kappa shape index (κ3) is 4.65. The summed E-state index contributed by atoms with van der Waals surface area (Å²) in [5, 5.41) is 12.6. The van der Waals surface area contributed by atoms with Gasteiger partial charge in [0, 0.05) is 18.1 Å². The van der Waals surface area contributed by atoms with E-state index in [2.05, 4.69) is 10.3 Å². The Morgan fingerprint density at radius 1 is 1.59 bits per heavy atom. The van der Waals surface area contributed by atoms with Gasteiger partial charge in [-0.3, -0.25) is 9.35 Å². The first-order chi connectivity index (χ1) is 7.91. The van der Waals surface area contributed by atoms with Crippen LogP contribution in [0.2, 0.25) is 0 Å². The smallest absolute Gasteiger partial charge is 0.361 e. The maximum atomic E-state index is 11.1. The number of thiazole rings is 1. The molecule has 8 nitrogen and oxygen atoms in total. The van der Waals surface area contributed by atoms with E-state index in [4.69, 9.17) is 9.66 Å². The number of aliphatic carboxylic acids is 1. The first-order valence-electron chi connectivity index (χ1n) is 4.48. The average molecular weight is 281 g/mol. The van der Waals surface area contributed by atoms with Gasteiger partial charge < -0.3 is 10.4 Å². The number of nitrogens with zero attached hydrogens (tertiary/aromatic N) is 2. The molecule has 1 aromatic rings. The van der Waals surface area contributed by atoms with Crippen molar-refractivity contribution in [2.24, 2.45) is 0 Å². The van der Waals surface area contributed by atoms with Crippen LogP contribution >= 0.6 is 11.3 Å². The minimum Gasteiger partial charge on any atom is -0.480 e. The summed E-state index contributed by atoms with van der Waals surface area (Å²) in [6, 6.07) is 0. The molecule has 0 saturated heterocycles. The van der Waals surface area contributed by atoms with Crippen LogP contribution < -0.4 is 9.62 Å². The number of nitrogens with one attached hydrogen (secondary N) is 1. The van der Waals surface area contributed by atoms with Crippen molar-refractivity contribution in [2.75, 3.05) is 23.9 Å². The van der Waals surface area contributed by atoms with Gasteiger partial charge in [-0.05, 0) is 0 Å². The van der Waals surface area contributed by atoms with Gasteiger partial charge in [-0.15, -0.1) is 11.3 Å². The minimum atomic E-state index is -4.39. The maximum absolute atomic E-state index is 11.1. The number of carbonyl (C=O) groups is 1. The lowest BCUT2D eigenvalue weighted by Crippen LogP contribution is -2.37. The highest BCUT2D eigenvalue weighted by molar-refractivity contribution is 7.87. The molecule has 0 fully saturated rings. The molecule has 10 heteroatoms. The molecule has 0 atom stereocenters. The molecular weight excluding hydrogens is 270 g/mol. The van der Waals surface area contributed by atoms with E-state index in [9.17, 15) is 13.2 Å². The van der Waals surface area contributed by atoms with Gasteiger partial charge >= 0.3 is 16.3 Å². The lowest BCUT2D eigenvalue weighted by Gasteiger charge is -2.17. The first kappa shape index (κ1) is 13.8. The van der Waals surface area contributed by atoms with Gasteiger partial charge in [0.15, 0.2) is 0 Å². The number of anilines is 1. The summed E-state index contributed by atoms with van der Waals surface area (Å²) in [7, 11) is -4.39. The second kappa shape index (κ2) is 5.91. The molecule has 0 bridgehead atoms. The molecule has 3 N–H and O–H groups in total. The zero-order valence-electron chi connectivity index (χ0n) is 8.61. The second-order valence-electron chi connectivity index (χ2n) is 2.94. The summed E-state index contributed by atoms with van der Waals surface area (Å²) >= 11 is 1.05. The summed E-state index contributed by atoms with van der Waals surface area (Å²) < 4.78 is 31.8. The fraction of sp³-hybridized carbons (Fsp3) is 0.429. The van der Waals surface area contributed by atoms with Gasteiger partial charge in [0.05, 0.1) is 13.1 Å². The zero-order chi connectivity index (χ0) is 12.9. The zero-order valence-corrected chi connectivity index (χ0v) is 10.2. The van der Waals surface area contributed by atoms with Crippen molar-refractivity contribution in [3.63, 3.8) is 0 Å². The molecule has 0 saturated carbocycles. The minimum absolute atomic E-state index is 0.0890. The first-order valence-corrected chi connectivity index (χ1v) is 6.76. The molecule has 0 aliphatic carbocycles. The predicted octanol–water partition coefficient (Wildman–Crippen LogP) is -0.573. The number of carboxylic acids is 1. The Morgan fingerprint density at radius 2 is 2.29 bits per heavy atom. The molecule has 1 rings (SSSR count). The highest BCUT2D eigenvalue weighted by atomic mass is 32.2. The largest absolute Gasteiger partial charge is 0.480 e. The molecule has 96 valence electrons. The van der Waals surface area contributed by atoms with Crippen molar-refractivity contribution in [3.05, 3.63) is 11.6 Å². The number of rotatable bonds is 7. The monoisotopic (exact) mass is 281 g/mol. The van der Waals surface area contributed by atoms with Gasteiger partial charge in [-0.2, -0.15) is 8.42 Å². The Bertz CT molecular complexity index is 458. The molecule has 0 aliphatic heterocycles. The SMILES string of the molecule is O=C(O)CNCCN(c1nccs1)S(=O)(=O)O. The fourth-order valence-corrected chi connectivity index (χ4v) is 2.58. The van der Waals surface area contributed by atoms with Crippen LogP contribution in [0.3, 0.4) is 0 Å². The Kier molecular flexibility index (Phi) is 4.81. The average Bonchev–Trinajstić information content (AvgIpc) is 2.67. The lowest BCUT2D eigenvalue weighted by atomic mass is 10.5. The summed E-state index contributed by atoms with van der Waals surface area (Å²) in [6.45, 7) is -0.289. The van der Waals surface area contributed by atoms with Crippen LogP contribution in [-0.4, -0.2) is 48.7 Å². The fourth-order valence-electron chi connectivity index (χ4n) is 1.02. The number of carboxylic acid groups (broad SMARTS) is 1. The highest BCUT2D eigenvalue weighted by Gasteiger charge is 2.21. The standard InChI is InChI=1S/C7H11N3O5S2/c11-6(12)5-8-1-3-10(17(13,14)15)7-9-2-4-16-7/h2,4,8H,1,3,5H2,(H,11,12)(H,13,14,15). The van der Waals surface area contributed by atoms with Crippen molar-refractivity contribution in [1.82, 2.24) is 10.3 Å². The van der Waals surface area contributed by atoms with Crippen LogP contribution in [0.5, 0.6) is 0 Å². The molecule has 0 aromatic carbocycles. The molecule has 1 heterocycles. The van der Waals surface area contributed by atoms with Crippen molar-refractivity contribution >= 4 is 32.7 Å². The van der Waals surface area contributed by atoms with Crippen molar-refractivity contribution in [1.29, 1.82) is 0 Å². The van der Waals surface area contributed by atoms with E-state index in [1.807, 2.05) is 0 Å². The van der Waals surface area contributed by atoms with E-state index in [0.29, 0.717) is 4.31 Å². The second-order valence-corrected chi connectivity index (χ2v) is 5.14. The summed E-state index contributed by atoms with van der Waals surface area (Å²) in [5.74, 6) is -1.04. The normalized spacial score (nSPS) is 11.4. The van der Waals surface area contributed by atoms with E-state index in [1.54, 1.807) is 5.38 Å². The Labute approximate surface area is 102 Å². The molecule has 17 heavy (non-hydrogen) atoms. The van der Waals surface area contributed by atoms with Crippen LogP contribution in [-0.2, 0) is 15.1 Å². The van der Waals surface area contributed by atoms with Crippen LogP contribution in [0.4, 0.5) is 5.13 Å². The van der Waals surface area contributed by atoms with E-state index in [1.165, 1.54) is 6.20 Å². The third-order valence-corrected chi connectivity index (χ3v) is 3.50. The lowest BCUT2D eigenvalue weighted by molar-refractivity contribution is -0.135. The molecular formula is C7H11N3O5S2.